The van der Waals surface area contributed by atoms with Crippen LogP contribution in [-0.2, 0) is 6.42 Å². The molecule has 0 spiro atoms. The van der Waals surface area contributed by atoms with Gasteiger partial charge < -0.3 is 10.6 Å². The smallest absolute Gasteiger partial charge is 0.131 e. The summed E-state index contributed by atoms with van der Waals surface area (Å²) in [6.07, 6.45) is 6.69. The van der Waals surface area contributed by atoms with Crippen LogP contribution in [-0.4, -0.2) is 34.1 Å². The zero-order valence-electron chi connectivity index (χ0n) is 12.3. The number of aryl methyl sites for hydroxylation is 1. The fraction of sp³-hybridized carbons (Fsp3) is 0.438. The summed E-state index contributed by atoms with van der Waals surface area (Å²) in [6.45, 7) is 4.22. The Kier molecular flexibility index (Phi) is 4.40. The molecule has 2 aromatic rings. The van der Waals surface area contributed by atoms with Crippen molar-refractivity contribution < 1.29 is 0 Å². The van der Waals surface area contributed by atoms with Crippen molar-refractivity contribution in [2.45, 2.75) is 32.2 Å². The molecule has 5 nitrogen and oxygen atoms in total. The molecule has 1 saturated heterocycles. The largest absolute Gasteiger partial charge is 0.367 e. The van der Waals surface area contributed by atoms with Gasteiger partial charge in [0.2, 0.25) is 0 Å². The monoisotopic (exact) mass is 283 g/mol. The fourth-order valence-corrected chi connectivity index (χ4v) is 2.58. The molecule has 0 aromatic carbocycles. The maximum absolute atomic E-state index is 4.62. The molecule has 0 saturated carbocycles. The molecule has 0 aliphatic carbocycles. The molecule has 3 rings (SSSR count). The van der Waals surface area contributed by atoms with Gasteiger partial charge in [-0.15, -0.1) is 0 Å². The Bertz CT molecular complexity index is 578. The van der Waals surface area contributed by atoms with E-state index >= 15 is 0 Å². The molecule has 0 bridgehead atoms. The molecule has 0 radical (unpaired) electrons. The highest BCUT2D eigenvalue weighted by Gasteiger charge is 2.14. The van der Waals surface area contributed by atoms with Gasteiger partial charge in [0.1, 0.15) is 11.6 Å². The van der Waals surface area contributed by atoms with Crippen molar-refractivity contribution in [2.24, 2.45) is 0 Å². The first-order valence-corrected chi connectivity index (χ1v) is 7.61. The summed E-state index contributed by atoms with van der Waals surface area (Å²) in [5, 5.41) is 6.94. The lowest BCUT2D eigenvalue weighted by molar-refractivity contribution is 0.478. The summed E-state index contributed by atoms with van der Waals surface area (Å²) in [4.78, 5) is 13.3. The first-order valence-electron chi connectivity index (χ1n) is 7.61. The molecule has 1 fully saturated rings. The molecule has 0 atom stereocenters. The zero-order valence-corrected chi connectivity index (χ0v) is 12.3. The molecule has 0 unspecified atom stereocenters. The number of pyridine rings is 1. The number of aromatic nitrogens is 3. The third-order valence-electron chi connectivity index (χ3n) is 3.76. The van der Waals surface area contributed by atoms with E-state index in [4.69, 9.17) is 0 Å². The third-order valence-corrected chi connectivity index (χ3v) is 3.76. The predicted octanol–water partition coefficient (Wildman–Crippen LogP) is 2.26. The van der Waals surface area contributed by atoms with E-state index in [1.807, 2.05) is 18.2 Å². The lowest BCUT2D eigenvalue weighted by Gasteiger charge is -2.24. The predicted molar refractivity (Wildman–Crippen MR) is 84.2 cm³/mol. The van der Waals surface area contributed by atoms with Crippen molar-refractivity contribution in [3.8, 4) is 11.3 Å². The number of rotatable bonds is 4. The average molecular weight is 283 g/mol. The molecule has 5 heteroatoms. The van der Waals surface area contributed by atoms with Gasteiger partial charge in [0.25, 0.3) is 0 Å². The Labute approximate surface area is 125 Å². The molecule has 110 valence electrons. The van der Waals surface area contributed by atoms with Gasteiger partial charge in [-0.3, -0.25) is 4.98 Å². The molecule has 3 heterocycles. The highest BCUT2D eigenvalue weighted by molar-refractivity contribution is 5.62. The minimum Gasteiger partial charge on any atom is -0.367 e. The van der Waals surface area contributed by atoms with E-state index in [0.29, 0.717) is 6.04 Å². The molecule has 1 aliphatic heterocycles. The van der Waals surface area contributed by atoms with Gasteiger partial charge >= 0.3 is 0 Å². The second-order valence-electron chi connectivity index (χ2n) is 5.31. The quantitative estimate of drug-likeness (QED) is 0.901. The lowest BCUT2D eigenvalue weighted by Crippen LogP contribution is -2.35. The van der Waals surface area contributed by atoms with Crippen LogP contribution < -0.4 is 10.6 Å². The molecule has 2 aromatic heterocycles. The Hall–Kier alpha value is -2.01. The topological polar surface area (TPSA) is 62.7 Å². The van der Waals surface area contributed by atoms with Crippen LogP contribution in [0, 0.1) is 0 Å². The summed E-state index contributed by atoms with van der Waals surface area (Å²) < 4.78 is 0. The van der Waals surface area contributed by atoms with E-state index in [-0.39, 0.29) is 0 Å². The summed E-state index contributed by atoms with van der Waals surface area (Å²) in [6, 6.07) is 6.50. The maximum atomic E-state index is 4.62. The Morgan fingerprint density at radius 1 is 1.19 bits per heavy atom. The number of nitrogens with zero attached hydrogens (tertiary/aromatic N) is 3. The van der Waals surface area contributed by atoms with Gasteiger partial charge in [0, 0.05) is 36.5 Å². The van der Waals surface area contributed by atoms with Crippen LogP contribution in [0.1, 0.15) is 25.6 Å². The number of nitrogens with one attached hydrogen (secondary N) is 2. The van der Waals surface area contributed by atoms with Crippen LogP contribution in [0.3, 0.4) is 0 Å². The van der Waals surface area contributed by atoms with Crippen molar-refractivity contribution in [1.82, 2.24) is 20.3 Å². The number of anilines is 1. The van der Waals surface area contributed by atoms with Crippen molar-refractivity contribution >= 4 is 5.82 Å². The Balaban J connectivity index is 1.86. The van der Waals surface area contributed by atoms with Gasteiger partial charge in [-0.1, -0.05) is 6.92 Å². The first kappa shape index (κ1) is 13.9. The van der Waals surface area contributed by atoms with Crippen molar-refractivity contribution in [2.75, 3.05) is 18.4 Å². The van der Waals surface area contributed by atoms with Gasteiger partial charge in [-0.25, -0.2) is 9.97 Å². The van der Waals surface area contributed by atoms with Crippen LogP contribution >= 0.6 is 0 Å². The van der Waals surface area contributed by atoms with E-state index < -0.39 is 0 Å². The van der Waals surface area contributed by atoms with E-state index in [1.165, 1.54) is 0 Å². The van der Waals surface area contributed by atoms with Crippen molar-refractivity contribution in [1.29, 1.82) is 0 Å². The molecule has 2 N–H and O–H groups in total. The van der Waals surface area contributed by atoms with Crippen molar-refractivity contribution in [3.63, 3.8) is 0 Å². The number of hydrogen-bond acceptors (Lipinski definition) is 5. The Morgan fingerprint density at radius 2 is 1.95 bits per heavy atom. The second-order valence-corrected chi connectivity index (χ2v) is 5.31. The van der Waals surface area contributed by atoms with Crippen LogP contribution in [0.15, 0.2) is 30.6 Å². The molecule has 0 amide bonds. The summed E-state index contributed by atoms with van der Waals surface area (Å²) >= 11 is 0. The first-order chi connectivity index (χ1) is 10.3. The SMILES string of the molecule is CCc1nc(NC2CCNCC2)cc(-c2ccncc2)n1. The fourth-order valence-electron chi connectivity index (χ4n) is 2.58. The normalized spacial score (nSPS) is 15.9. The molecular formula is C16H21N5. The van der Waals surface area contributed by atoms with Crippen LogP contribution in [0.2, 0.25) is 0 Å². The van der Waals surface area contributed by atoms with Crippen LogP contribution in [0.5, 0.6) is 0 Å². The van der Waals surface area contributed by atoms with Gasteiger partial charge in [0.15, 0.2) is 0 Å². The van der Waals surface area contributed by atoms with E-state index in [0.717, 1.165) is 55.3 Å². The summed E-state index contributed by atoms with van der Waals surface area (Å²) in [7, 11) is 0. The number of piperidine rings is 1. The average Bonchev–Trinajstić information content (AvgIpc) is 2.56. The van der Waals surface area contributed by atoms with Crippen LogP contribution in [0.4, 0.5) is 5.82 Å². The summed E-state index contributed by atoms with van der Waals surface area (Å²) in [5.74, 6) is 1.81. The van der Waals surface area contributed by atoms with E-state index in [2.05, 4.69) is 32.5 Å². The molecule has 21 heavy (non-hydrogen) atoms. The Morgan fingerprint density at radius 3 is 2.67 bits per heavy atom. The maximum Gasteiger partial charge on any atom is 0.131 e. The molecular weight excluding hydrogens is 262 g/mol. The van der Waals surface area contributed by atoms with Gasteiger partial charge in [-0.05, 0) is 38.1 Å². The molecule has 1 aliphatic rings. The summed E-state index contributed by atoms with van der Waals surface area (Å²) in [5.41, 5.74) is 2.04. The van der Waals surface area contributed by atoms with Crippen LogP contribution in [0.25, 0.3) is 11.3 Å². The van der Waals surface area contributed by atoms with Gasteiger partial charge in [0.05, 0.1) is 5.69 Å². The van der Waals surface area contributed by atoms with E-state index in [1.54, 1.807) is 12.4 Å². The number of hydrogen-bond donors (Lipinski definition) is 2. The second kappa shape index (κ2) is 6.63. The standard InChI is InChI=1S/C16H21N5/c1-2-15-20-14(12-3-7-17-8-4-12)11-16(21-15)19-13-5-9-18-10-6-13/h3-4,7-8,11,13,18H,2,5-6,9-10H2,1H3,(H,19,20,21). The van der Waals surface area contributed by atoms with Crippen molar-refractivity contribution in [3.05, 3.63) is 36.4 Å². The van der Waals surface area contributed by atoms with Gasteiger partial charge in [-0.2, -0.15) is 0 Å². The zero-order chi connectivity index (χ0) is 14.5. The minimum atomic E-state index is 0.496. The highest BCUT2D eigenvalue weighted by Crippen LogP contribution is 2.20. The lowest BCUT2D eigenvalue weighted by atomic mass is 10.1. The third kappa shape index (κ3) is 3.55. The minimum absolute atomic E-state index is 0.496. The van der Waals surface area contributed by atoms with E-state index in [9.17, 15) is 0 Å². The highest BCUT2D eigenvalue weighted by atomic mass is 15.1.